The molecule has 1 aromatic carbocycles. The molecule has 1 N–H and O–H groups in total. The Labute approximate surface area is 134 Å². The Hall–Kier alpha value is -2.08. The van der Waals surface area contributed by atoms with E-state index in [2.05, 4.69) is 64.5 Å². The minimum Gasteiger partial charge on any atom is -0.262 e. The third-order valence-corrected chi connectivity index (χ3v) is 4.32. The monoisotopic (exact) mass is 313 g/mol. The molecule has 22 heavy (non-hydrogen) atoms. The Morgan fingerprint density at radius 2 is 1.95 bits per heavy atom. The highest BCUT2D eigenvalue weighted by Gasteiger charge is 2.05. The molecule has 0 radical (unpaired) electrons. The van der Waals surface area contributed by atoms with Crippen LogP contribution in [0.15, 0.2) is 35.5 Å². The van der Waals surface area contributed by atoms with E-state index < -0.39 is 0 Å². The molecule has 5 nitrogen and oxygen atoms in total. The van der Waals surface area contributed by atoms with E-state index in [4.69, 9.17) is 0 Å². The first-order valence-electron chi connectivity index (χ1n) is 7.32. The molecule has 0 bridgehead atoms. The molecule has 3 aromatic rings. The average Bonchev–Trinajstić information content (AvgIpc) is 3.12. The normalized spacial score (nSPS) is 11.0. The fourth-order valence-electron chi connectivity index (χ4n) is 2.27. The van der Waals surface area contributed by atoms with Gasteiger partial charge in [0, 0.05) is 17.9 Å². The highest BCUT2D eigenvalue weighted by Crippen LogP contribution is 2.20. The van der Waals surface area contributed by atoms with Crippen molar-refractivity contribution in [3.05, 3.63) is 53.1 Å². The van der Waals surface area contributed by atoms with Crippen molar-refractivity contribution in [2.24, 2.45) is 0 Å². The maximum atomic E-state index is 4.50. The van der Waals surface area contributed by atoms with Gasteiger partial charge in [0.25, 0.3) is 0 Å². The molecule has 0 aliphatic carbocycles. The number of nitrogens with one attached hydrogen (secondary N) is 1. The Kier molecular flexibility index (Phi) is 4.29. The van der Waals surface area contributed by atoms with Crippen molar-refractivity contribution in [3.8, 4) is 5.69 Å². The van der Waals surface area contributed by atoms with Crippen molar-refractivity contribution in [1.82, 2.24) is 25.0 Å². The third kappa shape index (κ3) is 3.22. The van der Waals surface area contributed by atoms with E-state index in [0.717, 1.165) is 40.2 Å². The smallest absolute Gasteiger partial charge is 0.208 e. The van der Waals surface area contributed by atoms with Crippen LogP contribution >= 0.6 is 11.8 Å². The standard InChI is InChI=1S/C16H19N5S/c1-4-15-17-16(19-18-15)22-10-13-5-7-14(8-6-13)21-12(3)9-11(2)20-21/h5-9H,4,10H2,1-3H3,(H,17,18,19). The second kappa shape index (κ2) is 6.36. The molecule has 0 fully saturated rings. The number of aromatic nitrogens is 5. The van der Waals surface area contributed by atoms with Crippen LogP contribution in [-0.4, -0.2) is 25.0 Å². The van der Waals surface area contributed by atoms with Gasteiger partial charge in [0.15, 0.2) is 0 Å². The SMILES string of the molecule is CCc1nc(SCc2ccc(-n3nc(C)cc3C)cc2)n[nH]1. The van der Waals surface area contributed by atoms with E-state index in [9.17, 15) is 0 Å². The van der Waals surface area contributed by atoms with Gasteiger partial charge in [-0.25, -0.2) is 9.67 Å². The second-order valence-electron chi connectivity index (χ2n) is 5.21. The molecule has 0 atom stereocenters. The number of rotatable bonds is 5. The summed E-state index contributed by atoms with van der Waals surface area (Å²) in [6.45, 7) is 6.14. The molecule has 2 aromatic heterocycles. The van der Waals surface area contributed by atoms with Gasteiger partial charge in [-0.3, -0.25) is 5.10 Å². The minimum atomic E-state index is 0.805. The van der Waals surface area contributed by atoms with E-state index in [0.29, 0.717) is 0 Å². The molecular weight excluding hydrogens is 294 g/mol. The highest BCUT2D eigenvalue weighted by atomic mass is 32.2. The van der Waals surface area contributed by atoms with Gasteiger partial charge < -0.3 is 0 Å². The number of aromatic amines is 1. The molecule has 2 heterocycles. The third-order valence-electron chi connectivity index (χ3n) is 3.40. The lowest BCUT2D eigenvalue weighted by atomic mass is 10.2. The largest absolute Gasteiger partial charge is 0.262 e. The van der Waals surface area contributed by atoms with Crippen LogP contribution in [0.1, 0.15) is 29.7 Å². The summed E-state index contributed by atoms with van der Waals surface area (Å²) >= 11 is 1.64. The zero-order valence-corrected chi connectivity index (χ0v) is 13.8. The van der Waals surface area contributed by atoms with E-state index in [1.54, 1.807) is 11.8 Å². The van der Waals surface area contributed by atoms with Crippen LogP contribution in [0.3, 0.4) is 0 Å². The maximum Gasteiger partial charge on any atom is 0.208 e. The Bertz CT molecular complexity index is 757. The fourth-order valence-corrected chi connectivity index (χ4v) is 3.05. The molecule has 0 aliphatic rings. The number of nitrogens with zero attached hydrogens (tertiary/aromatic N) is 4. The summed E-state index contributed by atoms with van der Waals surface area (Å²) in [5.74, 6) is 1.79. The predicted molar refractivity (Wildman–Crippen MR) is 88.4 cm³/mol. The number of hydrogen-bond acceptors (Lipinski definition) is 4. The second-order valence-corrected chi connectivity index (χ2v) is 6.15. The lowest BCUT2D eigenvalue weighted by Crippen LogP contribution is -1.98. The van der Waals surface area contributed by atoms with Gasteiger partial charge in [-0.1, -0.05) is 30.8 Å². The van der Waals surface area contributed by atoms with E-state index in [1.165, 1.54) is 5.56 Å². The molecule has 0 saturated heterocycles. The maximum absolute atomic E-state index is 4.50. The van der Waals surface area contributed by atoms with Crippen LogP contribution in [0.2, 0.25) is 0 Å². The summed E-state index contributed by atoms with van der Waals surface area (Å²) in [6.07, 6.45) is 0.880. The van der Waals surface area contributed by atoms with Gasteiger partial charge in [-0.05, 0) is 37.6 Å². The van der Waals surface area contributed by atoms with Crippen molar-refractivity contribution >= 4 is 11.8 Å². The first kappa shape index (κ1) is 14.8. The van der Waals surface area contributed by atoms with E-state index >= 15 is 0 Å². The van der Waals surface area contributed by atoms with E-state index in [-0.39, 0.29) is 0 Å². The van der Waals surface area contributed by atoms with Gasteiger partial charge in [-0.2, -0.15) is 5.10 Å². The Balaban J connectivity index is 1.67. The van der Waals surface area contributed by atoms with Gasteiger partial charge >= 0.3 is 0 Å². The van der Waals surface area contributed by atoms with Crippen LogP contribution in [0.4, 0.5) is 0 Å². The van der Waals surface area contributed by atoms with Gasteiger partial charge in [0.2, 0.25) is 5.16 Å². The summed E-state index contributed by atoms with van der Waals surface area (Å²) in [5.41, 5.74) is 4.52. The van der Waals surface area contributed by atoms with Crippen LogP contribution in [0.25, 0.3) is 5.69 Å². The zero-order chi connectivity index (χ0) is 15.5. The molecule has 0 saturated carbocycles. The van der Waals surface area contributed by atoms with Crippen molar-refractivity contribution in [3.63, 3.8) is 0 Å². The predicted octanol–water partition coefficient (Wildman–Crippen LogP) is 3.46. The molecule has 0 unspecified atom stereocenters. The molecule has 3 rings (SSSR count). The number of hydrogen-bond donors (Lipinski definition) is 1. The lowest BCUT2D eigenvalue weighted by Gasteiger charge is -2.05. The fraction of sp³-hybridized carbons (Fsp3) is 0.312. The average molecular weight is 313 g/mol. The zero-order valence-electron chi connectivity index (χ0n) is 13.0. The molecule has 6 heteroatoms. The van der Waals surface area contributed by atoms with Gasteiger partial charge in [0.1, 0.15) is 5.82 Å². The van der Waals surface area contributed by atoms with Crippen molar-refractivity contribution in [2.45, 2.75) is 38.1 Å². The summed E-state index contributed by atoms with van der Waals surface area (Å²) < 4.78 is 1.97. The summed E-state index contributed by atoms with van der Waals surface area (Å²) in [7, 11) is 0. The number of thioether (sulfide) groups is 1. The number of aryl methyl sites for hydroxylation is 3. The quantitative estimate of drug-likeness (QED) is 0.733. The minimum absolute atomic E-state index is 0.805. The van der Waals surface area contributed by atoms with Crippen molar-refractivity contribution in [2.75, 3.05) is 0 Å². The topological polar surface area (TPSA) is 59.4 Å². The van der Waals surface area contributed by atoms with Crippen LogP contribution in [0, 0.1) is 13.8 Å². The Morgan fingerprint density at radius 3 is 2.55 bits per heavy atom. The first-order valence-corrected chi connectivity index (χ1v) is 8.31. The van der Waals surface area contributed by atoms with E-state index in [1.807, 2.05) is 11.6 Å². The van der Waals surface area contributed by atoms with Gasteiger partial charge in [0.05, 0.1) is 11.4 Å². The molecule has 0 aliphatic heterocycles. The van der Waals surface area contributed by atoms with Crippen molar-refractivity contribution < 1.29 is 0 Å². The molecule has 0 amide bonds. The molecule has 0 spiro atoms. The highest BCUT2D eigenvalue weighted by molar-refractivity contribution is 7.98. The summed E-state index contributed by atoms with van der Waals surface area (Å²) in [4.78, 5) is 4.41. The van der Waals surface area contributed by atoms with Crippen LogP contribution in [0.5, 0.6) is 0 Å². The van der Waals surface area contributed by atoms with Gasteiger partial charge in [-0.15, -0.1) is 5.10 Å². The first-order chi connectivity index (χ1) is 10.7. The number of benzene rings is 1. The number of H-pyrrole nitrogens is 1. The lowest BCUT2D eigenvalue weighted by molar-refractivity contribution is 0.833. The van der Waals surface area contributed by atoms with Crippen LogP contribution < -0.4 is 0 Å². The van der Waals surface area contributed by atoms with Crippen molar-refractivity contribution in [1.29, 1.82) is 0 Å². The molecular formula is C16H19N5S. The Morgan fingerprint density at radius 1 is 1.18 bits per heavy atom. The van der Waals surface area contributed by atoms with Crippen LogP contribution in [-0.2, 0) is 12.2 Å². The summed E-state index contributed by atoms with van der Waals surface area (Å²) in [6, 6.07) is 10.5. The summed E-state index contributed by atoms with van der Waals surface area (Å²) in [5, 5.41) is 12.4. The molecule has 114 valence electrons.